The Morgan fingerprint density at radius 3 is 2.59 bits per heavy atom. The molecular formula is C14H13F3N2O3. The summed E-state index contributed by atoms with van der Waals surface area (Å²) in [5, 5.41) is 0. The zero-order valence-electron chi connectivity index (χ0n) is 11.8. The standard InChI is InChI=1S/C14H13F3N2O3/c1-3-22-13(20)11-12(19(8-18-11)14(15,16)17)9-6-4-5-7-10(9)21-2/h4-8H,3H2,1-2H3. The first-order chi connectivity index (χ1) is 10.4. The van der Waals surface area contributed by atoms with E-state index in [0.29, 0.717) is 6.33 Å². The lowest BCUT2D eigenvalue weighted by atomic mass is 10.1. The van der Waals surface area contributed by atoms with Crippen molar-refractivity contribution in [3.8, 4) is 17.0 Å². The van der Waals surface area contributed by atoms with Crippen LogP contribution in [0.4, 0.5) is 13.2 Å². The molecule has 0 fully saturated rings. The molecule has 0 radical (unpaired) electrons. The number of ether oxygens (including phenoxy) is 2. The Labute approximate surface area is 124 Å². The van der Waals surface area contributed by atoms with Crippen LogP contribution < -0.4 is 4.74 Å². The number of aromatic nitrogens is 2. The van der Waals surface area contributed by atoms with Crippen LogP contribution in [-0.2, 0) is 11.0 Å². The molecule has 1 aromatic carbocycles. The number of methoxy groups -OCH3 is 1. The molecule has 0 aliphatic carbocycles. The van der Waals surface area contributed by atoms with Gasteiger partial charge in [-0.05, 0) is 19.1 Å². The van der Waals surface area contributed by atoms with Crippen molar-refractivity contribution >= 4 is 5.97 Å². The summed E-state index contributed by atoms with van der Waals surface area (Å²) in [6, 6.07) is 6.07. The number of nitrogens with zero attached hydrogens (tertiary/aromatic N) is 2. The molecule has 0 spiro atoms. The summed E-state index contributed by atoms with van der Waals surface area (Å²) in [6.07, 6.45) is -4.18. The van der Waals surface area contributed by atoms with Gasteiger partial charge in [0.15, 0.2) is 5.69 Å². The molecule has 0 atom stereocenters. The van der Waals surface area contributed by atoms with E-state index in [1.54, 1.807) is 19.1 Å². The van der Waals surface area contributed by atoms with Gasteiger partial charge in [-0.1, -0.05) is 12.1 Å². The maximum absolute atomic E-state index is 13.2. The van der Waals surface area contributed by atoms with E-state index >= 15 is 0 Å². The normalized spacial score (nSPS) is 11.3. The summed E-state index contributed by atoms with van der Waals surface area (Å²) in [5.74, 6) is -0.731. The second-order valence-electron chi connectivity index (χ2n) is 4.20. The molecule has 0 amide bonds. The van der Waals surface area contributed by atoms with Gasteiger partial charge >= 0.3 is 12.3 Å². The van der Waals surface area contributed by atoms with Crippen molar-refractivity contribution < 1.29 is 27.4 Å². The van der Waals surface area contributed by atoms with Gasteiger partial charge < -0.3 is 9.47 Å². The number of alkyl halides is 3. The average molecular weight is 314 g/mol. The molecule has 8 heteroatoms. The van der Waals surface area contributed by atoms with Gasteiger partial charge in [0.25, 0.3) is 0 Å². The Morgan fingerprint density at radius 2 is 2.00 bits per heavy atom. The number of rotatable bonds is 4. The highest BCUT2D eigenvalue weighted by molar-refractivity contribution is 5.95. The molecule has 2 rings (SSSR count). The van der Waals surface area contributed by atoms with E-state index < -0.39 is 23.7 Å². The molecule has 0 saturated carbocycles. The fourth-order valence-corrected chi connectivity index (χ4v) is 1.99. The van der Waals surface area contributed by atoms with Crippen molar-refractivity contribution in [2.75, 3.05) is 13.7 Å². The SMILES string of the molecule is CCOC(=O)c1ncn(C(F)(F)F)c1-c1ccccc1OC. The lowest BCUT2D eigenvalue weighted by molar-refractivity contribution is -0.202. The first-order valence-corrected chi connectivity index (χ1v) is 6.35. The average Bonchev–Trinajstić information content (AvgIpc) is 2.92. The van der Waals surface area contributed by atoms with Gasteiger partial charge in [-0.15, -0.1) is 13.2 Å². The van der Waals surface area contributed by atoms with E-state index in [2.05, 4.69) is 4.98 Å². The lowest BCUT2D eigenvalue weighted by Gasteiger charge is -2.14. The minimum Gasteiger partial charge on any atom is -0.496 e. The number of benzene rings is 1. The second-order valence-corrected chi connectivity index (χ2v) is 4.20. The van der Waals surface area contributed by atoms with Crippen molar-refractivity contribution in [1.82, 2.24) is 9.55 Å². The van der Waals surface area contributed by atoms with Crippen LogP contribution in [0.5, 0.6) is 5.75 Å². The van der Waals surface area contributed by atoms with Crippen LogP contribution >= 0.6 is 0 Å². The monoisotopic (exact) mass is 314 g/mol. The van der Waals surface area contributed by atoms with Gasteiger partial charge in [0.1, 0.15) is 12.1 Å². The minimum atomic E-state index is -4.73. The quantitative estimate of drug-likeness (QED) is 0.813. The van der Waals surface area contributed by atoms with Crippen LogP contribution in [-0.4, -0.2) is 29.2 Å². The molecule has 5 nitrogen and oxygen atoms in total. The summed E-state index contributed by atoms with van der Waals surface area (Å²) in [4.78, 5) is 15.4. The summed E-state index contributed by atoms with van der Waals surface area (Å²) in [5.41, 5.74) is -0.727. The number of hydrogen-bond donors (Lipinski definition) is 0. The number of para-hydroxylation sites is 1. The van der Waals surface area contributed by atoms with E-state index in [1.165, 1.54) is 19.2 Å². The van der Waals surface area contributed by atoms with Gasteiger partial charge in [-0.25, -0.2) is 14.3 Å². The van der Waals surface area contributed by atoms with Gasteiger partial charge in [-0.2, -0.15) is 0 Å². The van der Waals surface area contributed by atoms with Crippen LogP contribution in [0.3, 0.4) is 0 Å². The number of carbonyl (C=O) groups excluding carboxylic acids is 1. The third-order valence-corrected chi connectivity index (χ3v) is 2.87. The Balaban J connectivity index is 2.70. The van der Waals surface area contributed by atoms with Crippen LogP contribution in [0.15, 0.2) is 30.6 Å². The molecule has 0 aliphatic heterocycles. The van der Waals surface area contributed by atoms with Gasteiger partial charge in [0, 0.05) is 5.56 Å². The van der Waals surface area contributed by atoms with E-state index in [0.717, 1.165) is 0 Å². The van der Waals surface area contributed by atoms with E-state index in [4.69, 9.17) is 9.47 Å². The van der Waals surface area contributed by atoms with Gasteiger partial charge in [0.2, 0.25) is 0 Å². The summed E-state index contributed by atoms with van der Waals surface area (Å²) < 4.78 is 49.3. The summed E-state index contributed by atoms with van der Waals surface area (Å²) >= 11 is 0. The number of carbonyl (C=O) groups is 1. The first kappa shape index (κ1) is 15.9. The fourth-order valence-electron chi connectivity index (χ4n) is 1.99. The van der Waals surface area contributed by atoms with Crippen molar-refractivity contribution in [2.45, 2.75) is 13.2 Å². The number of imidazole rings is 1. The highest BCUT2D eigenvalue weighted by Gasteiger charge is 2.37. The summed E-state index contributed by atoms with van der Waals surface area (Å²) in [6.45, 7) is 1.59. The van der Waals surface area contributed by atoms with E-state index in [1.807, 2.05) is 0 Å². The van der Waals surface area contributed by atoms with Crippen LogP contribution in [0, 0.1) is 0 Å². The maximum Gasteiger partial charge on any atom is 0.490 e. The molecule has 0 aliphatic rings. The smallest absolute Gasteiger partial charge is 0.490 e. The molecule has 118 valence electrons. The maximum atomic E-state index is 13.2. The third-order valence-electron chi connectivity index (χ3n) is 2.87. The van der Waals surface area contributed by atoms with Crippen LogP contribution in [0.1, 0.15) is 17.4 Å². The lowest BCUT2D eigenvalue weighted by Crippen LogP contribution is -2.18. The third kappa shape index (κ3) is 2.90. The fraction of sp³-hybridized carbons (Fsp3) is 0.286. The van der Waals surface area contributed by atoms with Crippen molar-refractivity contribution in [2.24, 2.45) is 0 Å². The van der Waals surface area contributed by atoms with Gasteiger partial charge in [0.05, 0.1) is 19.4 Å². The predicted octanol–water partition coefficient (Wildman–Crippen LogP) is 3.21. The molecule has 0 bridgehead atoms. The minimum absolute atomic E-state index is 0.0306. The van der Waals surface area contributed by atoms with Crippen LogP contribution in [0.25, 0.3) is 11.3 Å². The van der Waals surface area contributed by atoms with Crippen molar-refractivity contribution in [1.29, 1.82) is 0 Å². The topological polar surface area (TPSA) is 53.3 Å². The highest BCUT2D eigenvalue weighted by Crippen LogP contribution is 2.37. The Hall–Kier alpha value is -2.51. The predicted molar refractivity (Wildman–Crippen MR) is 71.5 cm³/mol. The number of hydrogen-bond acceptors (Lipinski definition) is 4. The molecule has 1 heterocycles. The largest absolute Gasteiger partial charge is 0.496 e. The summed E-state index contributed by atoms with van der Waals surface area (Å²) in [7, 11) is 1.33. The molecule has 0 N–H and O–H groups in total. The van der Waals surface area contributed by atoms with E-state index in [9.17, 15) is 18.0 Å². The molecule has 2 aromatic rings. The molecule has 1 aromatic heterocycles. The Bertz CT molecular complexity index is 680. The number of halogens is 3. The van der Waals surface area contributed by atoms with Gasteiger partial charge in [-0.3, -0.25) is 0 Å². The Morgan fingerprint density at radius 1 is 1.32 bits per heavy atom. The van der Waals surface area contributed by atoms with E-state index in [-0.39, 0.29) is 22.5 Å². The first-order valence-electron chi connectivity index (χ1n) is 6.35. The highest BCUT2D eigenvalue weighted by atomic mass is 19.4. The zero-order chi connectivity index (χ0) is 16.3. The number of esters is 1. The molecule has 0 unspecified atom stereocenters. The molecular weight excluding hydrogens is 301 g/mol. The van der Waals surface area contributed by atoms with Crippen LogP contribution in [0.2, 0.25) is 0 Å². The van der Waals surface area contributed by atoms with Crippen molar-refractivity contribution in [3.63, 3.8) is 0 Å². The van der Waals surface area contributed by atoms with Crippen molar-refractivity contribution in [3.05, 3.63) is 36.3 Å². The second kappa shape index (κ2) is 6.08. The molecule has 0 saturated heterocycles. The molecule has 22 heavy (non-hydrogen) atoms. The zero-order valence-corrected chi connectivity index (χ0v) is 11.8. The Kier molecular flexibility index (Phi) is 4.39.